The summed E-state index contributed by atoms with van der Waals surface area (Å²) in [4.78, 5) is 26.7. The third-order valence-corrected chi connectivity index (χ3v) is 4.84. The highest BCUT2D eigenvalue weighted by Gasteiger charge is 2.32. The molecule has 2 amide bonds. The summed E-state index contributed by atoms with van der Waals surface area (Å²) in [5.74, 6) is -0.203. The Balaban J connectivity index is 1.86. The second-order valence-corrected chi connectivity index (χ2v) is 6.93. The van der Waals surface area contributed by atoms with E-state index in [4.69, 9.17) is 0 Å². The zero-order valence-corrected chi connectivity index (χ0v) is 15.3. The molecule has 5 heteroatoms. The molecular formula is C19H19BrN2O2. The lowest BCUT2D eigenvalue weighted by molar-refractivity contribution is -0.123. The molecule has 0 radical (unpaired) electrons. The van der Waals surface area contributed by atoms with Crippen LogP contribution in [-0.4, -0.2) is 17.9 Å². The van der Waals surface area contributed by atoms with E-state index < -0.39 is 6.04 Å². The molecule has 0 saturated heterocycles. The third kappa shape index (κ3) is 3.22. The largest absolute Gasteiger partial charge is 0.324 e. The minimum atomic E-state index is -0.572. The fourth-order valence-electron chi connectivity index (χ4n) is 2.98. The van der Waals surface area contributed by atoms with E-state index in [1.54, 1.807) is 11.8 Å². The van der Waals surface area contributed by atoms with Gasteiger partial charge in [-0.3, -0.25) is 14.5 Å². The van der Waals surface area contributed by atoms with Crippen LogP contribution >= 0.6 is 15.9 Å². The van der Waals surface area contributed by atoms with Crippen LogP contribution in [-0.2, 0) is 16.0 Å². The van der Waals surface area contributed by atoms with Crippen LogP contribution in [0.3, 0.4) is 0 Å². The van der Waals surface area contributed by atoms with E-state index in [2.05, 4.69) is 21.2 Å². The first-order valence-corrected chi connectivity index (χ1v) is 8.73. The molecule has 0 saturated carbocycles. The van der Waals surface area contributed by atoms with Crippen molar-refractivity contribution >= 4 is 39.1 Å². The molecule has 124 valence electrons. The highest BCUT2D eigenvalue weighted by atomic mass is 79.9. The Kier molecular flexibility index (Phi) is 4.71. The number of nitrogens with zero attached hydrogens (tertiary/aromatic N) is 1. The van der Waals surface area contributed by atoms with E-state index in [1.165, 1.54) is 0 Å². The summed E-state index contributed by atoms with van der Waals surface area (Å²) >= 11 is 3.46. The summed E-state index contributed by atoms with van der Waals surface area (Å²) in [7, 11) is 0. The summed E-state index contributed by atoms with van der Waals surface area (Å²) in [6, 6.07) is 12.9. The van der Waals surface area contributed by atoms with Crippen LogP contribution < -0.4 is 10.2 Å². The second kappa shape index (κ2) is 6.77. The van der Waals surface area contributed by atoms with Crippen molar-refractivity contribution in [3.8, 4) is 0 Å². The zero-order chi connectivity index (χ0) is 17.3. The molecule has 1 unspecified atom stereocenters. The van der Waals surface area contributed by atoms with Crippen molar-refractivity contribution in [2.75, 3.05) is 10.2 Å². The van der Waals surface area contributed by atoms with Gasteiger partial charge in [0.05, 0.1) is 0 Å². The molecule has 1 heterocycles. The molecule has 3 rings (SSSR count). The van der Waals surface area contributed by atoms with Gasteiger partial charge in [-0.15, -0.1) is 0 Å². The first-order chi connectivity index (χ1) is 11.5. The monoisotopic (exact) mass is 386 g/mol. The first-order valence-electron chi connectivity index (χ1n) is 7.94. The lowest BCUT2D eigenvalue weighted by Crippen LogP contribution is -2.48. The van der Waals surface area contributed by atoms with Gasteiger partial charge in [-0.2, -0.15) is 0 Å². The van der Waals surface area contributed by atoms with Crippen molar-refractivity contribution in [1.82, 2.24) is 0 Å². The van der Waals surface area contributed by atoms with Crippen LogP contribution in [0.1, 0.15) is 24.5 Å². The summed E-state index contributed by atoms with van der Waals surface area (Å²) in [5, 5.41) is 2.93. The van der Waals surface area contributed by atoms with Crippen LogP contribution in [0.5, 0.6) is 0 Å². The fourth-order valence-corrected chi connectivity index (χ4v) is 3.39. The molecule has 0 spiro atoms. The number of amides is 2. The van der Waals surface area contributed by atoms with Crippen molar-refractivity contribution in [2.24, 2.45) is 0 Å². The van der Waals surface area contributed by atoms with E-state index in [-0.39, 0.29) is 11.8 Å². The molecule has 1 N–H and O–H groups in total. The number of nitrogens with one attached hydrogen (secondary N) is 1. The molecule has 2 aromatic rings. The van der Waals surface area contributed by atoms with E-state index in [1.807, 2.05) is 49.4 Å². The maximum atomic E-state index is 12.7. The Morgan fingerprint density at radius 3 is 2.71 bits per heavy atom. The minimum absolute atomic E-state index is 0.0164. The number of para-hydroxylation sites is 1. The van der Waals surface area contributed by atoms with Gasteiger partial charge < -0.3 is 5.32 Å². The Morgan fingerprint density at radius 1 is 1.21 bits per heavy atom. The second-order valence-electron chi connectivity index (χ2n) is 6.02. The maximum Gasteiger partial charge on any atom is 0.247 e. The zero-order valence-electron chi connectivity index (χ0n) is 13.7. The van der Waals surface area contributed by atoms with Gasteiger partial charge in [-0.05, 0) is 55.7 Å². The predicted molar refractivity (Wildman–Crippen MR) is 99.2 cm³/mol. The smallest absolute Gasteiger partial charge is 0.247 e. The molecule has 0 aliphatic carbocycles. The minimum Gasteiger partial charge on any atom is -0.324 e. The van der Waals surface area contributed by atoms with Crippen LogP contribution in [0.15, 0.2) is 46.9 Å². The molecule has 0 fully saturated rings. The molecule has 0 bridgehead atoms. The van der Waals surface area contributed by atoms with E-state index in [0.717, 1.165) is 27.0 Å². The van der Waals surface area contributed by atoms with E-state index in [9.17, 15) is 9.59 Å². The molecule has 2 aromatic carbocycles. The molecule has 4 nitrogen and oxygen atoms in total. The standard InChI is InChI=1S/C19H19BrN2O2/c1-12-5-3-4-6-16(12)21-19(24)13(2)22-17-9-8-15(20)11-14(17)7-10-18(22)23/h3-6,8-9,11,13H,7,10H2,1-2H3,(H,21,24). The molecule has 1 atom stereocenters. The summed E-state index contributed by atoms with van der Waals surface area (Å²) in [6.45, 7) is 3.71. The number of rotatable bonds is 3. The Morgan fingerprint density at radius 2 is 1.96 bits per heavy atom. The fraction of sp³-hybridized carbons (Fsp3) is 0.263. The van der Waals surface area contributed by atoms with Gasteiger partial charge in [0.15, 0.2) is 0 Å². The van der Waals surface area contributed by atoms with Crippen molar-refractivity contribution in [1.29, 1.82) is 0 Å². The Labute approximate surface area is 150 Å². The van der Waals surface area contributed by atoms with Crippen LogP contribution in [0, 0.1) is 6.92 Å². The Bertz CT molecular complexity index is 804. The van der Waals surface area contributed by atoms with E-state index >= 15 is 0 Å². The van der Waals surface area contributed by atoms with Gasteiger partial charge in [0, 0.05) is 22.3 Å². The number of aryl methyl sites for hydroxylation is 2. The van der Waals surface area contributed by atoms with Crippen LogP contribution in [0.25, 0.3) is 0 Å². The topological polar surface area (TPSA) is 49.4 Å². The number of fused-ring (bicyclic) bond motifs is 1. The SMILES string of the molecule is Cc1ccccc1NC(=O)C(C)N1C(=O)CCc2cc(Br)ccc21. The average Bonchev–Trinajstić information content (AvgIpc) is 2.56. The number of benzene rings is 2. The van der Waals surface area contributed by atoms with Crippen molar-refractivity contribution in [3.63, 3.8) is 0 Å². The molecule has 1 aliphatic rings. The summed E-state index contributed by atoms with van der Waals surface area (Å²) in [5.41, 5.74) is 3.67. The lowest BCUT2D eigenvalue weighted by Gasteiger charge is -2.33. The van der Waals surface area contributed by atoms with Gasteiger partial charge in [-0.1, -0.05) is 34.1 Å². The highest BCUT2D eigenvalue weighted by Crippen LogP contribution is 2.32. The molecule has 0 aromatic heterocycles. The maximum absolute atomic E-state index is 12.7. The molecular weight excluding hydrogens is 368 g/mol. The third-order valence-electron chi connectivity index (χ3n) is 4.35. The normalized spacial score (nSPS) is 15.0. The van der Waals surface area contributed by atoms with Crippen molar-refractivity contribution in [3.05, 3.63) is 58.1 Å². The predicted octanol–water partition coefficient (Wildman–Crippen LogP) is 4.06. The molecule has 1 aliphatic heterocycles. The van der Waals surface area contributed by atoms with Gasteiger partial charge in [0.25, 0.3) is 0 Å². The quantitative estimate of drug-likeness (QED) is 0.864. The molecule has 24 heavy (non-hydrogen) atoms. The number of hydrogen-bond donors (Lipinski definition) is 1. The number of hydrogen-bond acceptors (Lipinski definition) is 2. The highest BCUT2D eigenvalue weighted by molar-refractivity contribution is 9.10. The van der Waals surface area contributed by atoms with Gasteiger partial charge in [0.1, 0.15) is 6.04 Å². The van der Waals surface area contributed by atoms with E-state index in [0.29, 0.717) is 12.8 Å². The van der Waals surface area contributed by atoms with Gasteiger partial charge >= 0.3 is 0 Å². The number of anilines is 2. The number of carbonyl (C=O) groups excluding carboxylic acids is 2. The van der Waals surface area contributed by atoms with Crippen LogP contribution in [0.4, 0.5) is 11.4 Å². The number of halogens is 1. The van der Waals surface area contributed by atoms with Crippen molar-refractivity contribution in [2.45, 2.75) is 32.7 Å². The summed E-state index contributed by atoms with van der Waals surface area (Å²) in [6.07, 6.45) is 1.13. The van der Waals surface area contributed by atoms with Gasteiger partial charge in [0.2, 0.25) is 11.8 Å². The number of carbonyl (C=O) groups is 2. The average molecular weight is 387 g/mol. The first kappa shape index (κ1) is 16.7. The van der Waals surface area contributed by atoms with Crippen molar-refractivity contribution < 1.29 is 9.59 Å². The summed E-state index contributed by atoms with van der Waals surface area (Å²) < 4.78 is 0.979. The van der Waals surface area contributed by atoms with Crippen LogP contribution in [0.2, 0.25) is 0 Å². The Hall–Kier alpha value is -2.14. The van der Waals surface area contributed by atoms with Gasteiger partial charge in [-0.25, -0.2) is 0 Å². The lowest BCUT2D eigenvalue weighted by atomic mass is 9.99.